The van der Waals surface area contributed by atoms with E-state index in [1.165, 1.54) is 4.31 Å². The summed E-state index contributed by atoms with van der Waals surface area (Å²) in [5.41, 5.74) is 3.82. The van der Waals surface area contributed by atoms with Crippen LogP contribution in [-0.4, -0.2) is 57.1 Å². The van der Waals surface area contributed by atoms with Gasteiger partial charge in [-0.1, -0.05) is 24.3 Å². The summed E-state index contributed by atoms with van der Waals surface area (Å²) in [5.74, 6) is -0.332. The van der Waals surface area contributed by atoms with Crippen LogP contribution < -0.4 is 10.2 Å². The van der Waals surface area contributed by atoms with E-state index in [2.05, 4.69) is 10.2 Å². The fraction of sp³-hybridized carbons (Fsp3) is 0.381. The maximum Gasteiger partial charge on any atom is 0.251 e. The van der Waals surface area contributed by atoms with Gasteiger partial charge in [0.2, 0.25) is 10.0 Å². The molecule has 1 N–H and O–H groups in total. The van der Waals surface area contributed by atoms with Gasteiger partial charge in [0, 0.05) is 44.0 Å². The van der Waals surface area contributed by atoms with E-state index in [0.717, 1.165) is 16.8 Å². The van der Waals surface area contributed by atoms with Crippen molar-refractivity contribution in [1.82, 2.24) is 9.62 Å². The predicted octanol–water partition coefficient (Wildman–Crippen LogP) is 2.19. The van der Waals surface area contributed by atoms with E-state index in [1.807, 2.05) is 56.3 Å². The number of anilines is 1. The van der Waals surface area contributed by atoms with Gasteiger partial charge >= 0.3 is 0 Å². The molecule has 1 saturated heterocycles. The molecular weight excluding hydrogens is 374 g/mol. The van der Waals surface area contributed by atoms with E-state index in [4.69, 9.17) is 0 Å². The summed E-state index contributed by atoms with van der Waals surface area (Å²) < 4.78 is 26.7. The molecule has 28 heavy (non-hydrogen) atoms. The summed E-state index contributed by atoms with van der Waals surface area (Å²) in [6, 6.07) is 15.5. The quantitative estimate of drug-likeness (QED) is 0.806. The fourth-order valence-electron chi connectivity index (χ4n) is 3.27. The van der Waals surface area contributed by atoms with Crippen molar-refractivity contribution in [2.24, 2.45) is 0 Å². The Balaban J connectivity index is 1.49. The first-order valence-electron chi connectivity index (χ1n) is 9.50. The van der Waals surface area contributed by atoms with Gasteiger partial charge in [-0.05, 0) is 49.2 Å². The summed E-state index contributed by atoms with van der Waals surface area (Å²) in [7, 11) is -3.39. The minimum absolute atomic E-state index is 0.0884. The van der Waals surface area contributed by atoms with Crippen molar-refractivity contribution in [2.75, 3.05) is 43.4 Å². The first-order valence-corrected chi connectivity index (χ1v) is 11.1. The summed E-state index contributed by atoms with van der Waals surface area (Å²) in [4.78, 5) is 14.4. The third kappa shape index (κ3) is 4.91. The zero-order valence-corrected chi connectivity index (χ0v) is 17.2. The predicted molar refractivity (Wildman–Crippen MR) is 112 cm³/mol. The Labute approximate surface area is 167 Å². The zero-order valence-electron chi connectivity index (χ0n) is 16.4. The molecule has 1 heterocycles. The number of rotatable bonds is 6. The van der Waals surface area contributed by atoms with Crippen LogP contribution in [0.25, 0.3) is 0 Å². The molecule has 3 rings (SSSR count). The molecule has 7 heteroatoms. The lowest BCUT2D eigenvalue weighted by Crippen LogP contribution is -2.50. The van der Waals surface area contributed by atoms with Gasteiger partial charge in [-0.15, -0.1) is 0 Å². The van der Waals surface area contributed by atoms with E-state index in [9.17, 15) is 13.2 Å². The summed E-state index contributed by atoms with van der Waals surface area (Å²) in [5, 5.41) is 2.72. The molecule has 150 valence electrons. The Morgan fingerprint density at radius 3 is 2.29 bits per heavy atom. The monoisotopic (exact) mass is 401 g/mol. The maximum absolute atomic E-state index is 12.6. The van der Waals surface area contributed by atoms with Crippen LogP contribution in [0.1, 0.15) is 21.5 Å². The van der Waals surface area contributed by atoms with Crippen LogP contribution in [0, 0.1) is 13.8 Å². The fourth-order valence-corrected chi connectivity index (χ4v) is 4.61. The Kier molecular flexibility index (Phi) is 6.36. The topological polar surface area (TPSA) is 69.7 Å². The molecule has 0 spiro atoms. The van der Waals surface area contributed by atoms with Crippen LogP contribution in [-0.2, 0) is 10.0 Å². The average Bonchev–Trinajstić information content (AvgIpc) is 2.70. The molecule has 1 aliphatic rings. The molecule has 0 aromatic heterocycles. The number of amides is 1. The standard InChI is InChI=1S/C21H27N3O3S/c1-17-8-9-19(16-18(17)2)21(25)22-10-15-28(26,27)24-13-11-23(12-14-24)20-6-4-3-5-7-20/h3-9,16H,10-15H2,1-2H3,(H,22,25). The van der Waals surface area contributed by atoms with Crippen molar-refractivity contribution in [3.8, 4) is 0 Å². The first kappa shape index (κ1) is 20.4. The first-order chi connectivity index (χ1) is 13.4. The van der Waals surface area contributed by atoms with Gasteiger partial charge in [-0.25, -0.2) is 8.42 Å². The maximum atomic E-state index is 12.6. The van der Waals surface area contributed by atoms with Gasteiger partial charge < -0.3 is 10.2 Å². The zero-order chi connectivity index (χ0) is 20.1. The number of piperazine rings is 1. The van der Waals surface area contributed by atoms with Crippen molar-refractivity contribution >= 4 is 21.6 Å². The van der Waals surface area contributed by atoms with Gasteiger partial charge in [0.15, 0.2) is 0 Å². The third-order valence-electron chi connectivity index (χ3n) is 5.17. The Bertz CT molecular complexity index is 921. The van der Waals surface area contributed by atoms with Crippen LogP contribution >= 0.6 is 0 Å². The lowest BCUT2D eigenvalue weighted by molar-refractivity contribution is 0.0956. The molecule has 1 amide bonds. The highest BCUT2D eigenvalue weighted by atomic mass is 32.2. The molecule has 1 aliphatic heterocycles. The lowest BCUT2D eigenvalue weighted by Gasteiger charge is -2.35. The smallest absolute Gasteiger partial charge is 0.251 e. The number of nitrogens with one attached hydrogen (secondary N) is 1. The minimum Gasteiger partial charge on any atom is -0.369 e. The minimum atomic E-state index is -3.39. The summed E-state index contributed by atoms with van der Waals surface area (Å²) >= 11 is 0. The van der Waals surface area contributed by atoms with Crippen molar-refractivity contribution in [2.45, 2.75) is 13.8 Å². The largest absolute Gasteiger partial charge is 0.369 e. The van der Waals surface area contributed by atoms with Crippen LogP contribution in [0.4, 0.5) is 5.69 Å². The van der Waals surface area contributed by atoms with E-state index < -0.39 is 10.0 Å². The van der Waals surface area contributed by atoms with Crippen LogP contribution in [0.5, 0.6) is 0 Å². The number of para-hydroxylation sites is 1. The molecule has 0 unspecified atom stereocenters. The second-order valence-electron chi connectivity index (χ2n) is 7.09. The van der Waals surface area contributed by atoms with Gasteiger partial charge in [-0.3, -0.25) is 4.79 Å². The van der Waals surface area contributed by atoms with E-state index in [1.54, 1.807) is 6.07 Å². The number of aryl methyl sites for hydroxylation is 2. The summed E-state index contributed by atoms with van der Waals surface area (Å²) in [6.07, 6.45) is 0. The molecule has 2 aromatic carbocycles. The Morgan fingerprint density at radius 1 is 0.964 bits per heavy atom. The number of carbonyl (C=O) groups excluding carboxylic acids is 1. The highest BCUT2D eigenvalue weighted by molar-refractivity contribution is 7.89. The lowest BCUT2D eigenvalue weighted by atomic mass is 10.1. The highest BCUT2D eigenvalue weighted by Crippen LogP contribution is 2.17. The van der Waals surface area contributed by atoms with Crippen molar-refractivity contribution in [3.63, 3.8) is 0 Å². The molecule has 0 radical (unpaired) electrons. The van der Waals surface area contributed by atoms with Gasteiger partial charge in [0.1, 0.15) is 0 Å². The Morgan fingerprint density at radius 2 is 1.64 bits per heavy atom. The van der Waals surface area contributed by atoms with Gasteiger partial charge in [-0.2, -0.15) is 4.31 Å². The van der Waals surface area contributed by atoms with Gasteiger partial charge in [0.05, 0.1) is 5.75 Å². The second kappa shape index (κ2) is 8.75. The Hall–Kier alpha value is -2.38. The number of carbonyl (C=O) groups is 1. The van der Waals surface area contributed by atoms with Gasteiger partial charge in [0.25, 0.3) is 5.91 Å². The number of nitrogens with zero attached hydrogens (tertiary/aromatic N) is 2. The van der Waals surface area contributed by atoms with E-state index >= 15 is 0 Å². The van der Waals surface area contributed by atoms with Crippen molar-refractivity contribution < 1.29 is 13.2 Å². The van der Waals surface area contributed by atoms with E-state index in [0.29, 0.717) is 31.7 Å². The molecule has 0 atom stereocenters. The molecule has 0 saturated carbocycles. The number of sulfonamides is 1. The summed E-state index contributed by atoms with van der Waals surface area (Å²) in [6.45, 7) is 6.29. The number of benzene rings is 2. The van der Waals surface area contributed by atoms with E-state index in [-0.39, 0.29) is 18.2 Å². The number of hydrogen-bond donors (Lipinski definition) is 1. The molecule has 2 aromatic rings. The van der Waals surface area contributed by atoms with Crippen LogP contribution in [0.3, 0.4) is 0 Å². The molecule has 1 fully saturated rings. The normalized spacial score (nSPS) is 15.4. The average molecular weight is 402 g/mol. The second-order valence-corrected chi connectivity index (χ2v) is 9.18. The van der Waals surface area contributed by atoms with Crippen LogP contribution in [0.15, 0.2) is 48.5 Å². The van der Waals surface area contributed by atoms with Crippen molar-refractivity contribution in [1.29, 1.82) is 0 Å². The van der Waals surface area contributed by atoms with Crippen LogP contribution in [0.2, 0.25) is 0 Å². The van der Waals surface area contributed by atoms with Crippen molar-refractivity contribution in [3.05, 3.63) is 65.2 Å². The highest BCUT2D eigenvalue weighted by Gasteiger charge is 2.26. The number of hydrogen-bond acceptors (Lipinski definition) is 4. The third-order valence-corrected chi connectivity index (χ3v) is 7.04. The SMILES string of the molecule is Cc1ccc(C(=O)NCCS(=O)(=O)N2CCN(c3ccccc3)CC2)cc1C. The molecular formula is C21H27N3O3S. The molecule has 0 bridgehead atoms. The molecule has 6 nitrogen and oxygen atoms in total. The molecule has 0 aliphatic carbocycles.